The van der Waals surface area contributed by atoms with E-state index in [1.807, 2.05) is 0 Å². The molecular formula is C23H12Cl7N3O5. The number of halogens is 7. The molecule has 198 valence electrons. The second-order valence-corrected chi connectivity index (χ2v) is 12.5. The van der Waals surface area contributed by atoms with Crippen LogP contribution in [0.4, 0.5) is 5.69 Å². The monoisotopic (exact) mass is 655 g/mol. The van der Waals surface area contributed by atoms with E-state index in [9.17, 15) is 24.5 Å². The van der Waals surface area contributed by atoms with Crippen molar-refractivity contribution in [1.82, 2.24) is 10.0 Å². The Kier molecular flexibility index (Phi) is 6.67. The molecule has 0 N–H and O–H groups in total. The number of nitro benzene ring substituents is 1. The van der Waals surface area contributed by atoms with Crippen LogP contribution in [-0.4, -0.2) is 46.7 Å². The molecule has 0 radical (unpaired) electrons. The summed E-state index contributed by atoms with van der Waals surface area (Å²) in [7, 11) is 0. The fourth-order valence-electron chi connectivity index (χ4n) is 5.18. The Bertz CT molecular complexity index is 1420. The van der Waals surface area contributed by atoms with Gasteiger partial charge in [0.15, 0.2) is 4.33 Å². The summed E-state index contributed by atoms with van der Waals surface area (Å²) in [6, 6.07) is 11.2. The highest BCUT2D eigenvalue weighted by Crippen LogP contribution is 2.77. The Morgan fingerprint density at radius 1 is 0.895 bits per heavy atom. The van der Waals surface area contributed by atoms with Gasteiger partial charge in [-0.15, -0.1) is 23.2 Å². The molecule has 2 bridgehead atoms. The molecule has 2 aromatic rings. The Morgan fingerprint density at radius 2 is 1.39 bits per heavy atom. The maximum Gasteiger partial charge on any atom is 0.274 e. The zero-order valence-corrected chi connectivity index (χ0v) is 23.8. The smallest absolute Gasteiger partial charge is 0.272 e. The number of amides is 3. The summed E-state index contributed by atoms with van der Waals surface area (Å²) in [6.07, 6.45) is 0. The van der Waals surface area contributed by atoms with Crippen molar-refractivity contribution in [3.8, 4) is 0 Å². The molecule has 4 atom stereocenters. The van der Waals surface area contributed by atoms with Gasteiger partial charge < -0.3 is 0 Å². The number of imide groups is 1. The van der Waals surface area contributed by atoms with Crippen LogP contribution in [0.15, 0.2) is 58.6 Å². The molecule has 1 heterocycles. The number of fused-ring (bicyclic) bond motifs is 5. The van der Waals surface area contributed by atoms with Crippen LogP contribution in [0.5, 0.6) is 0 Å². The molecule has 1 saturated carbocycles. The van der Waals surface area contributed by atoms with Gasteiger partial charge in [0.2, 0.25) is 0 Å². The molecule has 2 aliphatic carbocycles. The first-order chi connectivity index (χ1) is 17.7. The lowest BCUT2D eigenvalue weighted by atomic mass is 9.84. The SMILES string of the molecule is O=C(c1ccc(Cl)cc1)N(Cc1ccccc1[N+](=O)[O-])N1C(=O)[C@@H]2[C@@H](C1=O)[C@@]1(Cl)C(Cl)=C(Cl)[C@@]2(Cl)C1(Cl)Cl. The molecule has 2 aromatic carbocycles. The highest BCUT2D eigenvalue weighted by Gasteiger charge is 2.88. The zero-order chi connectivity index (χ0) is 27.9. The Balaban J connectivity index is 1.64. The summed E-state index contributed by atoms with van der Waals surface area (Å²) in [5, 5.41) is 12.7. The van der Waals surface area contributed by atoms with Gasteiger partial charge in [0, 0.05) is 16.7 Å². The molecule has 0 aromatic heterocycles. The Morgan fingerprint density at radius 3 is 1.89 bits per heavy atom. The number of rotatable bonds is 5. The van der Waals surface area contributed by atoms with E-state index < -0.39 is 55.1 Å². The van der Waals surface area contributed by atoms with Gasteiger partial charge in [-0.05, 0) is 24.3 Å². The van der Waals surface area contributed by atoms with E-state index in [4.69, 9.17) is 81.2 Å². The van der Waals surface area contributed by atoms with Crippen molar-refractivity contribution < 1.29 is 19.3 Å². The lowest BCUT2D eigenvalue weighted by Crippen LogP contribution is -2.55. The van der Waals surface area contributed by atoms with Gasteiger partial charge in [-0.1, -0.05) is 76.2 Å². The van der Waals surface area contributed by atoms with Gasteiger partial charge >= 0.3 is 0 Å². The van der Waals surface area contributed by atoms with Gasteiger partial charge in [0.1, 0.15) is 9.75 Å². The number of carbonyl (C=O) groups is 3. The summed E-state index contributed by atoms with van der Waals surface area (Å²) in [4.78, 5) is 48.3. The summed E-state index contributed by atoms with van der Waals surface area (Å²) in [5.41, 5.74) is -0.260. The van der Waals surface area contributed by atoms with Crippen molar-refractivity contribution in [3.05, 3.63) is 84.9 Å². The number of nitro groups is 1. The number of hydrogen-bond donors (Lipinski definition) is 0. The van der Waals surface area contributed by atoms with Crippen molar-refractivity contribution in [1.29, 1.82) is 0 Å². The average Bonchev–Trinajstić information content (AvgIpc) is 3.26. The van der Waals surface area contributed by atoms with Crippen LogP contribution in [0.25, 0.3) is 0 Å². The lowest BCUT2D eigenvalue weighted by Gasteiger charge is -2.37. The van der Waals surface area contributed by atoms with Crippen LogP contribution >= 0.6 is 81.2 Å². The minimum atomic E-state index is -2.16. The molecule has 1 saturated heterocycles. The fraction of sp³-hybridized carbons (Fsp3) is 0.261. The van der Waals surface area contributed by atoms with Crippen LogP contribution < -0.4 is 0 Å². The Hall–Kier alpha value is -1.78. The number of allylic oxidation sites excluding steroid dienone is 2. The molecule has 8 nitrogen and oxygen atoms in total. The second kappa shape index (κ2) is 9.13. The molecular weight excluding hydrogens is 646 g/mol. The second-order valence-electron chi connectivity index (χ2n) is 8.83. The first-order valence-electron chi connectivity index (χ1n) is 10.7. The van der Waals surface area contributed by atoms with Gasteiger partial charge in [0.25, 0.3) is 23.4 Å². The number of alkyl halides is 4. The maximum atomic E-state index is 13.9. The number of benzene rings is 2. The van der Waals surface area contributed by atoms with Gasteiger partial charge in [-0.25, -0.2) is 5.01 Å². The number of hydrogen-bond acceptors (Lipinski definition) is 5. The van der Waals surface area contributed by atoms with Gasteiger partial charge in [-0.3, -0.25) is 24.5 Å². The summed E-state index contributed by atoms with van der Waals surface area (Å²) in [6.45, 7) is -0.540. The van der Waals surface area contributed by atoms with Gasteiger partial charge in [0.05, 0.1) is 38.9 Å². The van der Waals surface area contributed by atoms with Crippen LogP contribution in [0.1, 0.15) is 15.9 Å². The molecule has 3 aliphatic rings. The van der Waals surface area contributed by atoms with Crippen molar-refractivity contribution in [2.45, 2.75) is 20.6 Å². The number of nitrogens with zero attached hydrogens (tertiary/aromatic N) is 3. The van der Waals surface area contributed by atoms with E-state index in [2.05, 4.69) is 0 Å². The normalized spacial score (nSPS) is 29.2. The van der Waals surface area contributed by atoms with E-state index in [1.54, 1.807) is 0 Å². The third-order valence-electron chi connectivity index (χ3n) is 6.96. The number of hydrazine groups is 1. The van der Waals surface area contributed by atoms with E-state index in [1.165, 1.54) is 48.5 Å². The zero-order valence-electron chi connectivity index (χ0n) is 18.5. The molecule has 1 aliphatic heterocycles. The topological polar surface area (TPSA) is 101 Å². The Labute approximate surface area is 250 Å². The van der Waals surface area contributed by atoms with Crippen molar-refractivity contribution >= 4 is 105 Å². The summed E-state index contributed by atoms with van der Waals surface area (Å²) >= 11 is 45.2. The highest BCUT2D eigenvalue weighted by atomic mass is 35.5. The lowest BCUT2D eigenvalue weighted by molar-refractivity contribution is -0.385. The third kappa shape index (κ3) is 3.41. The fourth-order valence-corrected chi connectivity index (χ4v) is 8.23. The quantitative estimate of drug-likeness (QED) is 0.164. The average molecular weight is 659 g/mol. The van der Waals surface area contributed by atoms with Crippen LogP contribution in [0, 0.1) is 22.0 Å². The molecule has 0 unspecified atom stereocenters. The van der Waals surface area contributed by atoms with Gasteiger partial charge in [-0.2, -0.15) is 5.01 Å². The summed E-state index contributed by atoms with van der Waals surface area (Å²) < 4.78 is -2.16. The van der Waals surface area contributed by atoms with E-state index in [-0.39, 0.29) is 26.9 Å². The minimum absolute atomic E-state index is 0.0352. The van der Waals surface area contributed by atoms with Crippen LogP contribution in [0.2, 0.25) is 5.02 Å². The molecule has 3 amide bonds. The standard InChI is InChI=1S/C23H12Cl7N3O5/c24-12-7-5-10(6-8-12)18(34)31(9-11-3-1-2-4-13(11)33(37)38)32-19(35)14-15(20(32)36)22(28)17(26)16(25)21(14,27)23(22,29)30/h1-8,14-15H,9H2/t14-,15-,21+,22+/m0/s1. The van der Waals surface area contributed by atoms with Crippen molar-refractivity contribution in [2.75, 3.05) is 0 Å². The first-order valence-corrected chi connectivity index (χ1v) is 13.3. The number of carbonyl (C=O) groups excluding carboxylic acids is 3. The molecule has 5 rings (SSSR count). The number of para-hydroxylation sites is 1. The molecule has 15 heteroatoms. The molecule has 38 heavy (non-hydrogen) atoms. The largest absolute Gasteiger partial charge is 0.274 e. The predicted octanol–water partition coefficient (Wildman–Crippen LogP) is 6.25. The summed E-state index contributed by atoms with van der Waals surface area (Å²) in [5.74, 6) is -5.79. The molecule has 2 fully saturated rings. The first kappa shape index (κ1) is 27.8. The van der Waals surface area contributed by atoms with Crippen LogP contribution in [0.3, 0.4) is 0 Å². The van der Waals surface area contributed by atoms with E-state index >= 15 is 0 Å². The van der Waals surface area contributed by atoms with E-state index in [0.717, 1.165) is 5.01 Å². The van der Waals surface area contributed by atoms with Crippen molar-refractivity contribution in [3.63, 3.8) is 0 Å². The minimum Gasteiger partial charge on any atom is -0.272 e. The maximum absolute atomic E-state index is 13.9. The predicted molar refractivity (Wildman–Crippen MR) is 144 cm³/mol. The van der Waals surface area contributed by atoms with Crippen LogP contribution in [-0.2, 0) is 16.1 Å². The molecule has 0 spiro atoms. The van der Waals surface area contributed by atoms with Crippen molar-refractivity contribution in [2.24, 2.45) is 11.8 Å². The highest BCUT2D eigenvalue weighted by molar-refractivity contribution is 6.66. The third-order valence-corrected chi connectivity index (χ3v) is 11.5. The van der Waals surface area contributed by atoms with E-state index in [0.29, 0.717) is 10.0 Å².